The van der Waals surface area contributed by atoms with E-state index >= 15 is 0 Å². The molecule has 0 amide bonds. The van der Waals surface area contributed by atoms with Crippen molar-refractivity contribution >= 4 is 0 Å². The molecule has 0 aromatic carbocycles. The van der Waals surface area contributed by atoms with E-state index in [-0.39, 0.29) is 0 Å². The second-order valence-electron chi connectivity index (χ2n) is 4.91. The van der Waals surface area contributed by atoms with Crippen LogP contribution in [0, 0.1) is 5.41 Å². The summed E-state index contributed by atoms with van der Waals surface area (Å²) in [4.78, 5) is 0. The quantitative estimate of drug-likeness (QED) is 0.691. The van der Waals surface area contributed by atoms with Gasteiger partial charge in [-0.1, -0.05) is 26.0 Å². The number of nitrogens with one attached hydrogen (secondary N) is 1. The molecule has 3 N–H and O–H groups in total. The zero-order valence-corrected chi connectivity index (χ0v) is 9.82. The van der Waals surface area contributed by atoms with E-state index in [0.717, 1.165) is 25.3 Å². The Morgan fingerprint density at radius 1 is 1.47 bits per heavy atom. The van der Waals surface area contributed by atoms with Gasteiger partial charge >= 0.3 is 0 Å². The van der Waals surface area contributed by atoms with Gasteiger partial charge in [0.25, 0.3) is 0 Å². The Hall–Kier alpha value is -0.940. The first-order valence-electron chi connectivity index (χ1n) is 5.31. The van der Waals surface area contributed by atoms with Crippen molar-refractivity contribution in [3.8, 4) is 0 Å². The first-order valence-corrected chi connectivity index (χ1v) is 5.31. The molecule has 1 rings (SSSR count). The van der Waals surface area contributed by atoms with Gasteiger partial charge in [0, 0.05) is 25.8 Å². The summed E-state index contributed by atoms with van der Waals surface area (Å²) in [6.07, 6.45) is 1.89. The number of nitrogens with zero attached hydrogens (tertiary/aromatic N) is 3. The molecule has 0 bridgehead atoms. The number of rotatable bonds is 5. The van der Waals surface area contributed by atoms with Crippen LogP contribution in [0.5, 0.6) is 0 Å². The third kappa shape index (κ3) is 4.90. The molecule has 0 aliphatic rings. The fourth-order valence-electron chi connectivity index (χ4n) is 1.20. The van der Waals surface area contributed by atoms with Crippen molar-refractivity contribution < 1.29 is 0 Å². The summed E-state index contributed by atoms with van der Waals surface area (Å²) in [5.74, 6) is 0. The van der Waals surface area contributed by atoms with Gasteiger partial charge in [-0.3, -0.25) is 4.68 Å². The standard InChI is InChI=1S/C10H21N5/c1-10(2,3)8-12-4-5-15-7-9(6-11)13-14-15/h7,12H,4-6,8,11H2,1-3H3. The maximum absolute atomic E-state index is 5.44. The van der Waals surface area contributed by atoms with E-state index in [4.69, 9.17) is 5.73 Å². The lowest BCUT2D eigenvalue weighted by molar-refractivity contribution is 0.372. The summed E-state index contributed by atoms with van der Waals surface area (Å²) < 4.78 is 1.82. The summed E-state index contributed by atoms with van der Waals surface area (Å²) in [6, 6.07) is 0. The molecular weight excluding hydrogens is 190 g/mol. The molecule has 5 nitrogen and oxygen atoms in total. The average molecular weight is 211 g/mol. The highest BCUT2D eigenvalue weighted by atomic mass is 15.4. The predicted molar refractivity (Wildman–Crippen MR) is 60.2 cm³/mol. The minimum absolute atomic E-state index is 0.324. The number of hydrogen-bond donors (Lipinski definition) is 2. The second kappa shape index (κ2) is 5.23. The van der Waals surface area contributed by atoms with Crippen molar-refractivity contribution in [2.24, 2.45) is 11.1 Å². The SMILES string of the molecule is CC(C)(C)CNCCn1cc(CN)nn1. The maximum atomic E-state index is 5.44. The van der Waals surface area contributed by atoms with Gasteiger partial charge in [-0.2, -0.15) is 0 Å². The molecule has 86 valence electrons. The van der Waals surface area contributed by atoms with E-state index < -0.39 is 0 Å². The summed E-state index contributed by atoms with van der Waals surface area (Å²) in [5.41, 5.74) is 6.61. The minimum atomic E-state index is 0.324. The zero-order chi connectivity index (χ0) is 11.3. The van der Waals surface area contributed by atoms with Crippen LogP contribution in [0.2, 0.25) is 0 Å². The van der Waals surface area contributed by atoms with Crippen LogP contribution in [0.25, 0.3) is 0 Å². The van der Waals surface area contributed by atoms with E-state index in [9.17, 15) is 0 Å². The monoisotopic (exact) mass is 211 g/mol. The topological polar surface area (TPSA) is 68.8 Å². The predicted octanol–water partition coefficient (Wildman–Crippen LogP) is 0.372. The van der Waals surface area contributed by atoms with Crippen LogP contribution in [-0.4, -0.2) is 28.1 Å². The molecule has 1 heterocycles. The first-order chi connectivity index (χ1) is 7.01. The van der Waals surface area contributed by atoms with Gasteiger partial charge in [0.2, 0.25) is 0 Å². The Balaban J connectivity index is 2.20. The van der Waals surface area contributed by atoms with Crippen LogP contribution in [-0.2, 0) is 13.1 Å². The van der Waals surface area contributed by atoms with Crippen molar-refractivity contribution in [3.05, 3.63) is 11.9 Å². The van der Waals surface area contributed by atoms with Crippen LogP contribution in [0.1, 0.15) is 26.5 Å². The summed E-state index contributed by atoms with van der Waals surface area (Å²) in [5, 5.41) is 11.3. The Morgan fingerprint density at radius 2 is 2.20 bits per heavy atom. The van der Waals surface area contributed by atoms with Crippen molar-refractivity contribution in [3.63, 3.8) is 0 Å². The average Bonchev–Trinajstić information content (AvgIpc) is 2.59. The molecule has 0 unspecified atom stereocenters. The van der Waals surface area contributed by atoms with E-state index in [1.54, 1.807) is 0 Å². The zero-order valence-electron chi connectivity index (χ0n) is 9.82. The van der Waals surface area contributed by atoms with Gasteiger partial charge < -0.3 is 11.1 Å². The molecule has 0 aliphatic heterocycles. The van der Waals surface area contributed by atoms with Gasteiger partial charge in [-0.15, -0.1) is 5.10 Å². The number of hydrogen-bond acceptors (Lipinski definition) is 4. The van der Waals surface area contributed by atoms with Gasteiger partial charge in [0.05, 0.1) is 12.2 Å². The minimum Gasteiger partial charge on any atom is -0.325 e. The van der Waals surface area contributed by atoms with Crippen LogP contribution in [0.4, 0.5) is 0 Å². The highest BCUT2D eigenvalue weighted by Crippen LogP contribution is 2.09. The van der Waals surface area contributed by atoms with Crippen molar-refractivity contribution in [2.45, 2.75) is 33.9 Å². The lowest BCUT2D eigenvalue weighted by Gasteiger charge is -2.18. The lowest BCUT2D eigenvalue weighted by atomic mass is 9.97. The molecule has 0 atom stereocenters. The van der Waals surface area contributed by atoms with E-state index in [1.807, 2.05) is 10.9 Å². The highest BCUT2D eigenvalue weighted by Gasteiger charge is 2.08. The van der Waals surface area contributed by atoms with Gasteiger partial charge in [0.1, 0.15) is 0 Å². The number of aromatic nitrogens is 3. The van der Waals surface area contributed by atoms with Gasteiger partial charge in [0.15, 0.2) is 0 Å². The van der Waals surface area contributed by atoms with Gasteiger partial charge in [-0.25, -0.2) is 0 Å². The Kier molecular flexibility index (Phi) is 4.23. The molecule has 0 aliphatic carbocycles. The summed E-state index contributed by atoms with van der Waals surface area (Å²) in [7, 11) is 0. The Labute approximate surface area is 91.0 Å². The smallest absolute Gasteiger partial charge is 0.0962 e. The summed E-state index contributed by atoms with van der Waals surface area (Å²) in [6.45, 7) is 9.83. The third-order valence-electron chi connectivity index (χ3n) is 1.97. The Morgan fingerprint density at radius 3 is 2.73 bits per heavy atom. The van der Waals surface area contributed by atoms with Crippen molar-refractivity contribution in [1.82, 2.24) is 20.3 Å². The van der Waals surface area contributed by atoms with Crippen LogP contribution in [0.3, 0.4) is 0 Å². The molecule has 0 fully saturated rings. The molecule has 0 saturated heterocycles. The first kappa shape index (κ1) is 12.1. The van der Waals surface area contributed by atoms with E-state index in [1.165, 1.54) is 0 Å². The van der Waals surface area contributed by atoms with E-state index in [2.05, 4.69) is 36.4 Å². The molecule has 0 spiro atoms. The normalized spacial score (nSPS) is 12.0. The molecule has 1 aromatic rings. The molecule has 1 aromatic heterocycles. The summed E-state index contributed by atoms with van der Waals surface area (Å²) >= 11 is 0. The van der Waals surface area contributed by atoms with Crippen LogP contribution >= 0.6 is 0 Å². The highest BCUT2D eigenvalue weighted by molar-refractivity contribution is 4.90. The second-order valence-corrected chi connectivity index (χ2v) is 4.91. The van der Waals surface area contributed by atoms with Crippen LogP contribution < -0.4 is 11.1 Å². The van der Waals surface area contributed by atoms with Crippen LogP contribution in [0.15, 0.2) is 6.20 Å². The molecule has 15 heavy (non-hydrogen) atoms. The fraction of sp³-hybridized carbons (Fsp3) is 0.800. The van der Waals surface area contributed by atoms with Crippen molar-refractivity contribution in [2.75, 3.05) is 13.1 Å². The van der Waals surface area contributed by atoms with Crippen molar-refractivity contribution in [1.29, 1.82) is 0 Å². The lowest BCUT2D eigenvalue weighted by Crippen LogP contribution is -2.29. The molecular formula is C10H21N5. The molecule has 0 radical (unpaired) electrons. The molecule has 5 heteroatoms. The fourth-order valence-corrected chi connectivity index (χ4v) is 1.20. The van der Waals surface area contributed by atoms with E-state index in [0.29, 0.717) is 12.0 Å². The largest absolute Gasteiger partial charge is 0.325 e. The van der Waals surface area contributed by atoms with Gasteiger partial charge in [-0.05, 0) is 5.41 Å². The third-order valence-corrected chi connectivity index (χ3v) is 1.97. The number of nitrogens with two attached hydrogens (primary N) is 1. The molecule has 0 saturated carbocycles. The Bertz CT molecular complexity index is 286. The maximum Gasteiger partial charge on any atom is 0.0962 e.